The lowest BCUT2D eigenvalue weighted by molar-refractivity contribution is 0.415. The quantitative estimate of drug-likeness (QED) is 0.802. The third-order valence-electron chi connectivity index (χ3n) is 3.55. The molecule has 0 fully saturated rings. The maximum atomic E-state index is 6.25. The van der Waals surface area contributed by atoms with Crippen LogP contribution in [0.2, 0.25) is 0 Å². The fraction of sp³-hybridized carbons (Fsp3) is 0.278. The molecule has 0 saturated heterocycles. The summed E-state index contributed by atoms with van der Waals surface area (Å²) < 4.78 is 7.51. The summed E-state index contributed by atoms with van der Waals surface area (Å²) in [6.45, 7) is 4.74. The molecule has 1 aromatic heterocycles. The van der Waals surface area contributed by atoms with E-state index in [2.05, 4.69) is 10.6 Å². The van der Waals surface area contributed by atoms with Crippen molar-refractivity contribution < 1.29 is 4.74 Å². The Morgan fingerprint density at radius 1 is 1.14 bits per heavy atom. The normalized spacial score (nSPS) is 11.8. The van der Waals surface area contributed by atoms with Crippen molar-refractivity contribution in [3.8, 4) is 17.1 Å². The van der Waals surface area contributed by atoms with Crippen molar-refractivity contribution in [2.45, 2.75) is 25.9 Å². The second-order valence-corrected chi connectivity index (χ2v) is 6.23. The summed E-state index contributed by atoms with van der Waals surface area (Å²) in [7, 11) is 1.67. The number of rotatable bonds is 4. The van der Waals surface area contributed by atoms with E-state index in [0.29, 0.717) is 6.54 Å². The molecule has 2 aromatic carbocycles. The molecule has 2 N–H and O–H groups in total. The van der Waals surface area contributed by atoms with Crippen LogP contribution in [0.5, 0.6) is 5.75 Å². The minimum Gasteiger partial charge on any atom is -0.497 e. The van der Waals surface area contributed by atoms with Gasteiger partial charge >= 0.3 is 0 Å². The summed E-state index contributed by atoms with van der Waals surface area (Å²) >= 11 is 0. The van der Waals surface area contributed by atoms with E-state index in [1.165, 1.54) is 0 Å². The number of hydrogen-bond donors (Lipinski definition) is 1. The van der Waals surface area contributed by atoms with E-state index >= 15 is 0 Å². The molecule has 0 atom stereocenters. The van der Waals surface area contributed by atoms with Gasteiger partial charge in [-0.05, 0) is 38.1 Å². The third kappa shape index (κ3) is 2.83. The van der Waals surface area contributed by atoms with Gasteiger partial charge in [0.15, 0.2) is 0 Å². The van der Waals surface area contributed by atoms with Gasteiger partial charge in [-0.2, -0.15) is 0 Å². The van der Waals surface area contributed by atoms with E-state index in [9.17, 15) is 0 Å². The Morgan fingerprint density at radius 2 is 1.91 bits per heavy atom. The van der Waals surface area contributed by atoms with Gasteiger partial charge in [-0.1, -0.05) is 24.3 Å². The Morgan fingerprint density at radius 3 is 2.64 bits per heavy atom. The highest BCUT2D eigenvalue weighted by Gasteiger charge is 2.18. The van der Waals surface area contributed by atoms with E-state index in [0.717, 1.165) is 28.2 Å². The Kier molecular flexibility index (Phi) is 3.62. The molecule has 1 heterocycles. The van der Waals surface area contributed by atoms with Gasteiger partial charge in [0, 0.05) is 17.6 Å². The van der Waals surface area contributed by atoms with E-state index in [-0.39, 0.29) is 5.54 Å². The number of benzene rings is 2. The third-order valence-corrected chi connectivity index (χ3v) is 3.55. The summed E-state index contributed by atoms with van der Waals surface area (Å²) in [4.78, 5) is 4.79. The van der Waals surface area contributed by atoms with Crippen molar-refractivity contribution in [1.82, 2.24) is 9.55 Å². The number of methoxy groups -OCH3 is 1. The first-order valence-electron chi connectivity index (χ1n) is 7.36. The standard InChI is InChI=1S/C18H21N3O/c1-18(2,19)12-21-16-10-5-4-9-15(16)20-17(21)13-7-6-8-14(11-13)22-3/h4-11H,12,19H2,1-3H3. The van der Waals surface area contributed by atoms with Gasteiger partial charge in [-0.3, -0.25) is 0 Å². The van der Waals surface area contributed by atoms with Crippen LogP contribution in [0.15, 0.2) is 48.5 Å². The van der Waals surface area contributed by atoms with Crippen LogP contribution in [-0.2, 0) is 6.54 Å². The van der Waals surface area contributed by atoms with Gasteiger partial charge in [-0.25, -0.2) is 4.98 Å². The molecule has 0 aliphatic carbocycles. The fourth-order valence-electron chi connectivity index (χ4n) is 2.63. The minimum absolute atomic E-state index is 0.322. The lowest BCUT2D eigenvalue weighted by Crippen LogP contribution is -2.37. The van der Waals surface area contributed by atoms with Crippen LogP contribution in [-0.4, -0.2) is 22.2 Å². The Balaban J connectivity index is 2.21. The Hall–Kier alpha value is -2.33. The molecule has 114 valence electrons. The summed E-state index contributed by atoms with van der Waals surface area (Å²) in [6.07, 6.45) is 0. The smallest absolute Gasteiger partial charge is 0.141 e. The van der Waals surface area contributed by atoms with Crippen LogP contribution in [0.3, 0.4) is 0 Å². The average molecular weight is 295 g/mol. The van der Waals surface area contributed by atoms with Crippen molar-refractivity contribution in [3.63, 3.8) is 0 Å². The fourth-order valence-corrected chi connectivity index (χ4v) is 2.63. The first-order valence-corrected chi connectivity index (χ1v) is 7.36. The summed E-state index contributed by atoms with van der Waals surface area (Å²) in [5, 5.41) is 0. The van der Waals surface area contributed by atoms with Gasteiger partial charge in [0.05, 0.1) is 18.1 Å². The summed E-state index contributed by atoms with van der Waals surface area (Å²) in [5.74, 6) is 1.74. The van der Waals surface area contributed by atoms with Crippen LogP contribution in [0.25, 0.3) is 22.4 Å². The van der Waals surface area contributed by atoms with Gasteiger partial charge in [0.2, 0.25) is 0 Å². The van der Waals surface area contributed by atoms with Crippen LogP contribution < -0.4 is 10.5 Å². The topological polar surface area (TPSA) is 53.1 Å². The van der Waals surface area contributed by atoms with Crippen molar-refractivity contribution in [3.05, 3.63) is 48.5 Å². The number of nitrogens with two attached hydrogens (primary N) is 1. The van der Waals surface area contributed by atoms with E-state index < -0.39 is 0 Å². The van der Waals surface area contributed by atoms with Crippen LogP contribution in [0.4, 0.5) is 0 Å². The largest absolute Gasteiger partial charge is 0.497 e. The van der Waals surface area contributed by atoms with Crippen LogP contribution in [0.1, 0.15) is 13.8 Å². The maximum Gasteiger partial charge on any atom is 0.141 e. The van der Waals surface area contributed by atoms with Gasteiger partial charge in [0.25, 0.3) is 0 Å². The number of imidazole rings is 1. The maximum absolute atomic E-state index is 6.25. The van der Waals surface area contributed by atoms with Gasteiger partial charge in [0.1, 0.15) is 11.6 Å². The lowest BCUT2D eigenvalue weighted by atomic mass is 10.1. The molecule has 22 heavy (non-hydrogen) atoms. The number of hydrogen-bond acceptors (Lipinski definition) is 3. The molecule has 0 aliphatic heterocycles. The molecule has 0 aliphatic rings. The highest BCUT2D eigenvalue weighted by atomic mass is 16.5. The number of para-hydroxylation sites is 2. The monoisotopic (exact) mass is 295 g/mol. The number of fused-ring (bicyclic) bond motifs is 1. The van der Waals surface area contributed by atoms with E-state index in [1.807, 2.05) is 56.3 Å². The van der Waals surface area contributed by atoms with Crippen molar-refractivity contribution in [1.29, 1.82) is 0 Å². The molecule has 0 saturated carbocycles. The lowest BCUT2D eigenvalue weighted by Gasteiger charge is -2.21. The van der Waals surface area contributed by atoms with E-state index in [1.54, 1.807) is 7.11 Å². The molecular formula is C18H21N3O. The molecule has 3 aromatic rings. The van der Waals surface area contributed by atoms with Crippen molar-refractivity contribution in [2.24, 2.45) is 5.73 Å². The molecule has 0 bridgehead atoms. The minimum atomic E-state index is -0.322. The first kappa shape index (κ1) is 14.6. The molecule has 3 rings (SSSR count). The predicted molar refractivity (Wildman–Crippen MR) is 90.0 cm³/mol. The molecule has 4 nitrogen and oxygen atoms in total. The SMILES string of the molecule is COc1cccc(-c2nc3ccccc3n2CC(C)(C)N)c1. The zero-order chi connectivity index (χ0) is 15.7. The molecular weight excluding hydrogens is 274 g/mol. The van der Waals surface area contributed by atoms with Gasteiger partial charge in [-0.15, -0.1) is 0 Å². The summed E-state index contributed by atoms with van der Waals surface area (Å²) in [6, 6.07) is 16.1. The van der Waals surface area contributed by atoms with Crippen LogP contribution >= 0.6 is 0 Å². The highest BCUT2D eigenvalue weighted by molar-refractivity contribution is 5.80. The van der Waals surface area contributed by atoms with Crippen LogP contribution in [0, 0.1) is 0 Å². The predicted octanol–water partition coefficient (Wildman–Crippen LogP) is 3.45. The molecule has 0 amide bonds. The summed E-state index contributed by atoms with van der Waals surface area (Å²) in [5.41, 5.74) is 9.03. The zero-order valence-corrected chi connectivity index (χ0v) is 13.2. The zero-order valence-electron chi connectivity index (χ0n) is 13.2. The van der Waals surface area contributed by atoms with Crippen molar-refractivity contribution in [2.75, 3.05) is 7.11 Å². The average Bonchev–Trinajstić information content (AvgIpc) is 2.84. The second-order valence-electron chi connectivity index (χ2n) is 6.23. The molecule has 0 unspecified atom stereocenters. The molecule has 4 heteroatoms. The molecule has 0 spiro atoms. The Bertz CT molecular complexity index is 799. The Labute approximate surface area is 130 Å². The number of ether oxygens (including phenoxy) is 1. The van der Waals surface area contributed by atoms with E-state index in [4.69, 9.17) is 15.5 Å². The number of nitrogens with zero attached hydrogens (tertiary/aromatic N) is 2. The van der Waals surface area contributed by atoms with Gasteiger partial charge < -0.3 is 15.0 Å². The van der Waals surface area contributed by atoms with Crippen molar-refractivity contribution >= 4 is 11.0 Å². The molecule has 0 radical (unpaired) electrons. The first-order chi connectivity index (χ1) is 10.5. The number of aromatic nitrogens is 2. The second kappa shape index (κ2) is 5.46. The highest BCUT2D eigenvalue weighted by Crippen LogP contribution is 2.28.